The average Bonchev–Trinajstić information content (AvgIpc) is 3.94. The third kappa shape index (κ3) is 5.02. The van der Waals surface area contributed by atoms with Crippen LogP contribution in [0.2, 0.25) is 0 Å². The van der Waals surface area contributed by atoms with Gasteiger partial charge in [0.2, 0.25) is 0 Å². The van der Waals surface area contributed by atoms with Crippen LogP contribution < -0.4 is 11.1 Å². The fourth-order valence-corrected chi connectivity index (χ4v) is 18.4. The molecule has 0 N–H and O–H groups in total. The van der Waals surface area contributed by atoms with Gasteiger partial charge >= 0.3 is 0 Å². The molecule has 7 unspecified atom stereocenters. The van der Waals surface area contributed by atoms with Gasteiger partial charge < -0.3 is 0 Å². The van der Waals surface area contributed by atoms with Crippen LogP contribution in [-0.4, -0.2) is 9.03 Å². The largest absolute Gasteiger partial charge is 0.283 e. The fraction of sp³-hybridized carbons (Fsp3) is 0.415. The van der Waals surface area contributed by atoms with Crippen molar-refractivity contribution in [2.24, 2.45) is 39.9 Å². The van der Waals surface area contributed by atoms with E-state index >= 15 is 9.59 Å². The Morgan fingerprint density at radius 1 is 0.464 bits per heavy atom. The van der Waals surface area contributed by atoms with Crippen molar-refractivity contribution in [3.63, 3.8) is 0 Å². The molecule has 4 nitrogen and oxygen atoms in total. The van der Waals surface area contributed by atoms with Crippen molar-refractivity contribution < 1.29 is 0 Å². The molecule has 2 heterocycles. The first-order chi connectivity index (χ1) is 33.2. The summed E-state index contributed by atoms with van der Waals surface area (Å²) in [4.78, 5) is 32.6. The minimum atomic E-state index is -0.175. The highest BCUT2D eigenvalue weighted by atomic mass is 16.2. The van der Waals surface area contributed by atoms with Gasteiger partial charge in [-0.2, -0.15) is 4.52 Å². The summed E-state index contributed by atoms with van der Waals surface area (Å²) >= 11 is 0. The maximum Gasteiger partial charge on any atom is 0.283 e. The maximum atomic E-state index is 16.3. The van der Waals surface area contributed by atoms with Gasteiger partial charge in [0.15, 0.2) is 0 Å². The molecule has 16 rings (SSSR count). The smallest absolute Gasteiger partial charge is 0.267 e. The van der Waals surface area contributed by atoms with Gasteiger partial charge in [0, 0.05) is 22.0 Å². The third-order valence-electron chi connectivity index (χ3n) is 21.2. The second-order valence-electron chi connectivity index (χ2n) is 25.9. The predicted molar refractivity (Wildman–Crippen MR) is 282 cm³/mol. The van der Waals surface area contributed by atoms with E-state index in [4.69, 9.17) is 0 Å². The summed E-state index contributed by atoms with van der Waals surface area (Å²) < 4.78 is 3.79. The molecule has 2 aromatic heterocycles. The van der Waals surface area contributed by atoms with E-state index < -0.39 is 0 Å². The fourth-order valence-electron chi connectivity index (χ4n) is 18.4. The normalized spacial score (nSPS) is 30.5. The lowest BCUT2D eigenvalue weighted by Crippen LogP contribution is -2.46. The van der Waals surface area contributed by atoms with Crippen LogP contribution in [0.4, 0.5) is 0 Å². The molecule has 0 radical (unpaired) electrons. The average molecular weight is 905 g/mol. The van der Waals surface area contributed by atoms with Crippen molar-refractivity contribution in [1.29, 1.82) is 0 Å². The van der Waals surface area contributed by atoms with Gasteiger partial charge in [-0.05, 0) is 184 Å². The van der Waals surface area contributed by atoms with Crippen molar-refractivity contribution >= 4 is 21.8 Å². The number of rotatable bonds is 4. The Labute approximate surface area is 406 Å². The third-order valence-corrected chi connectivity index (χ3v) is 21.2. The highest BCUT2D eigenvalue weighted by Crippen LogP contribution is 2.80. The summed E-state index contributed by atoms with van der Waals surface area (Å²) in [5.74, 6) is 3.56. The molecular formula is C65H64N2O2. The SMILES string of the molecule is CC(C)(C)C12CC3CC(CC(C3)c3c1cc1c(c3-c3ccccc3-c3ccccc3)c(=O)n3c(=O)c4c(-c5ccccc5-c5ccccc5)c5c(cc4n13)C1(C(C)(C)C)CC3CC4CC5CC43C1)C2. The van der Waals surface area contributed by atoms with Gasteiger partial charge in [0.25, 0.3) is 11.1 Å². The number of benzene rings is 6. The second-order valence-corrected chi connectivity index (χ2v) is 25.9. The maximum absolute atomic E-state index is 16.3. The van der Waals surface area contributed by atoms with Gasteiger partial charge in [-0.1, -0.05) is 151 Å². The van der Waals surface area contributed by atoms with Gasteiger partial charge in [0.1, 0.15) is 0 Å². The number of hydrogen-bond acceptors (Lipinski definition) is 2. The first-order valence-electron chi connectivity index (χ1n) is 26.6. The molecule has 0 amide bonds. The first kappa shape index (κ1) is 41.1. The molecule has 8 aliphatic carbocycles. The molecule has 8 aromatic rings. The van der Waals surface area contributed by atoms with E-state index in [1.54, 1.807) is 4.52 Å². The number of aromatic nitrogens is 2. The quantitative estimate of drug-likeness (QED) is 0.177. The van der Waals surface area contributed by atoms with E-state index in [2.05, 4.69) is 167 Å². The van der Waals surface area contributed by atoms with E-state index in [1.807, 2.05) is 0 Å². The Kier molecular flexibility index (Phi) is 7.95. The lowest BCUT2D eigenvalue weighted by atomic mass is 9.52. The molecule has 7 atom stereocenters. The minimum absolute atomic E-state index is 0.0164. The molecule has 5 fully saturated rings. The van der Waals surface area contributed by atoms with Crippen LogP contribution in [-0.2, 0) is 10.8 Å². The van der Waals surface area contributed by atoms with Crippen LogP contribution in [0, 0.1) is 39.9 Å². The minimum Gasteiger partial charge on any atom is -0.267 e. The Bertz CT molecular complexity index is 3620. The Hall–Kier alpha value is -5.74. The van der Waals surface area contributed by atoms with Crippen molar-refractivity contribution in [2.75, 3.05) is 0 Å². The second kappa shape index (κ2) is 13.4. The Morgan fingerprint density at radius 3 is 1.46 bits per heavy atom. The van der Waals surface area contributed by atoms with Gasteiger partial charge in [-0.3, -0.25) is 9.59 Å². The summed E-state index contributed by atoms with van der Waals surface area (Å²) in [6.07, 6.45) is 12.2. The zero-order chi connectivity index (χ0) is 46.7. The van der Waals surface area contributed by atoms with Crippen LogP contribution in [0.3, 0.4) is 0 Å². The lowest BCUT2D eigenvalue weighted by Gasteiger charge is -2.52. The van der Waals surface area contributed by atoms with Crippen molar-refractivity contribution in [2.45, 2.75) is 128 Å². The molecule has 1 spiro atoms. The molecule has 346 valence electrons. The molecule has 0 aliphatic heterocycles. The molecule has 6 aromatic carbocycles. The lowest BCUT2D eigenvalue weighted by molar-refractivity contribution is 0.00136. The standard InChI is InChI=1S/C65H64N2O2/c1-61(2,3)64-32-37-25-38(33-64)27-41(26-37)53-49(64)30-51-57(55(53)47-23-15-13-21-45(47)39-17-9-7-10-18-39)59(68)67-60(69)58-52(66(51)67)31-50-54(56(58)48-24-16-14-22-46(48)40-19-11-8-12-20-40)42-28-43-29-44-35-65(50,62(4,5)6)36-63(43,44)34-42/h7-24,30-31,37-38,41-44H,25-29,32-36H2,1-6H3. The highest BCUT2D eigenvalue weighted by Gasteiger charge is 2.72. The van der Waals surface area contributed by atoms with E-state index in [0.717, 1.165) is 72.8 Å². The number of fused-ring (bicyclic) bond motifs is 10. The zero-order valence-corrected chi connectivity index (χ0v) is 41.3. The molecule has 7 bridgehead atoms. The van der Waals surface area contributed by atoms with Crippen molar-refractivity contribution in [3.05, 3.63) is 164 Å². The van der Waals surface area contributed by atoms with Crippen LogP contribution >= 0.6 is 0 Å². The zero-order valence-electron chi connectivity index (χ0n) is 41.3. The van der Waals surface area contributed by atoms with E-state index in [9.17, 15) is 0 Å². The Balaban J connectivity index is 1.15. The molecular weight excluding hydrogens is 841 g/mol. The van der Waals surface area contributed by atoms with Gasteiger partial charge in [-0.25, -0.2) is 4.52 Å². The Morgan fingerprint density at radius 2 is 0.942 bits per heavy atom. The predicted octanol–water partition coefficient (Wildman–Crippen LogP) is 15.4. The highest BCUT2D eigenvalue weighted by molar-refractivity contribution is 6.07. The topological polar surface area (TPSA) is 43.0 Å². The van der Waals surface area contributed by atoms with E-state index in [-0.39, 0.29) is 32.8 Å². The summed E-state index contributed by atoms with van der Waals surface area (Å²) in [6.45, 7) is 15.0. The first-order valence-corrected chi connectivity index (χ1v) is 26.6. The van der Waals surface area contributed by atoms with Gasteiger partial charge in [-0.15, -0.1) is 0 Å². The van der Waals surface area contributed by atoms with Crippen molar-refractivity contribution in [3.8, 4) is 44.5 Å². The summed E-state index contributed by atoms with van der Waals surface area (Å²) in [5.41, 5.74) is 16.4. The summed E-state index contributed by atoms with van der Waals surface area (Å²) in [6, 6.07) is 44.3. The molecule has 5 saturated carbocycles. The molecule has 4 heteroatoms. The molecule has 8 aliphatic rings. The van der Waals surface area contributed by atoms with Crippen LogP contribution in [0.25, 0.3) is 66.3 Å². The van der Waals surface area contributed by atoms with Gasteiger partial charge in [0.05, 0.1) is 21.8 Å². The van der Waals surface area contributed by atoms with E-state index in [0.29, 0.717) is 34.5 Å². The molecule has 69 heavy (non-hydrogen) atoms. The number of hydrogen-bond donors (Lipinski definition) is 0. The molecule has 0 saturated heterocycles. The summed E-state index contributed by atoms with van der Waals surface area (Å²) in [5, 5.41) is 1.44. The van der Waals surface area contributed by atoms with Crippen LogP contribution in [0.5, 0.6) is 0 Å². The monoisotopic (exact) mass is 904 g/mol. The van der Waals surface area contributed by atoms with Crippen LogP contribution in [0.1, 0.15) is 140 Å². The summed E-state index contributed by atoms with van der Waals surface area (Å²) in [7, 11) is 0. The van der Waals surface area contributed by atoms with Crippen LogP contribution in [0.15, 0.2) is 131 Å². The van der Waals surface area contributed by atoms with E-state index in [1.165, 1.54) is 86.5 Å². The number of nitrogens with zero attached hydrogens (tertiary/aromatic N) is 2. The van der Waals surface area contributed by atoms with Crippen molar-refractivity contribution in [1.82, 2.24) is 9.03 Å².